The first-order valence-electron chi connectivity index (χ1n) is 7.84. The van der Waals surface area contributed by atoms with Crippen molar-refractivity contribution in [3.8, 4) is 0 Å². The summed E-state index contributed by atoms with van der Waals surface area (Å²) in [7, 11) is 0. The van der Waals surface area contributed by atoms with Crippen molar-refractivity contribution in [2.75, 3.05) is 13.1 Å². The maximum Gasteiger partial charge on any atom is 0.220 e. The number of rotatable bonds is 7. The van der Waals surface area contributed by atoms with E-state index in [2.05, 4.69) is 10.6 Å². The summed E-state index contributed by atoms with van der Waals surface area (Å²) in [4.78, 5) is 11.8. The smallest absolute Gasteiger partial charge is 0.220 e. The van der Waals surface area contributed by atoms with Crippen LogP contribution in [0, 0.1) is 5.92 Å². The Labute approximate surface area is 111 Å². The number of amides is 1. The van der Waals surface area contributed by atoms with Gasteiger partial charge >= 0.3 is 0 Å². The van der Waals surface area contributed by atoms with Gasteiger partial charge in [0.1, 0.15) is 0 Å². The third kappa shape index (κ3) is 5.85. The predicted octanol–water partition coefficient (Wildman–Crippen LogP) is 2.61. The molecule has 3 nitrogen and oxygen atoms in total. The minimum absolute atomic E-state index is 0.272. The molecule has 2 N–H and O–H groups in total. The van der Waals surface area contributed by atoms with Gasteiger partial charge in [-0.1, -0.05) is 25.7 Å². The molecule has 0 radical (unpaired) electrons. The average Bonchev–Trinajstić information content (AvgIpc) is 3.16. The summed E-state index contributed by atoms with van der Waals surface area (Å²) < 4.78 is 0. The molecule has 0 aromatic carbocycles. The van der Waals surface area contributed by atoms with Crippen molar-refractivity contribution in [3.05, 3.63) is 0 Å². The lowest BCUT2D eigenvalue weighted by Crippen LogP contribution is -2.29. The van der Waals surface area contributed by atoms with Crippen LogP contribution in [-0.2, 0) is 4.79 Å². The molecule has 3 heteroatoms. The van der Waals surface area contributed by atoms with Crippen molar-refractivity contribution in [1.82, 2.24) is 10.6 Å². The van der Waals surface area contributed by atoms with E-state index in [1.165, 1.54) is 51.4 Å². The van der Waals surface area contributed by atoms with Crippen molar-refractivity contribution < 1.29 is 4.79 Å². The van der Waals surface area contributed by atoms with Gasteiger partial charge in [-0.05, 0) is 44.6 Å². The summed E-state index contributed by atoms with van der Waals surface area (Å²) in [5.41, 5.74) is 0. The van der Waals surface area contributed by atoms with Crippen molar-refractivity contribution in [2.45, 2.75) is 70.3 Å². The van der Waals surface area contributed by atoms with Gasteiger partial charge in [-0.3, -0.25) is 4.79 Å². The zero-order chi connectivity index (χ0) is 12.6. The third-order valence-electron chi connectivity index (χ3n) is 4.13. The fourth-order valence-electron chi connectivity index (χ4n) is 2.81. The molecule has 1 amide bonds. The molecule has 0 bridgehead atoms. The van der Waals surface area contributed by atoms with E-state index in [1.807, 2.05) is 0 Å². The zero-order valence-corrected chi connectivity index (χ0v) is 11.5. The molecule has 0 aromatic rings. The highest BCUT2D eigenvalue weighted by atomic mass is 16.1. The van der Waals surface area contributed by atoms with E-state index >= 15 is 0 Å². The lowest BCUT2D eigenvalue weighted by molar-refractivity contribution is -0.122. The van der Waals surface area contributed by atoms with Crippen molar-refractivity contribution in [1.29, 1.82) is 0 Å². The molecule has 2 aliphatic carbocycles. The first kappa shape index (κ1) is 13.9. The second-order valence-corrected chi connectivity index (χ2v) is 5.99. The molecule has 104 valence electrons. The molecule has 0 saturated heterocycles. The van der Waals surface area contributed by atoms with Crippen LogP contribution in [0.1, 0.15) is 64.2 Å². The van der Waals surface area contributed by atoms with E-state index < -0.39 is 0 Å². The highest BCUT2D eigenvalue weighted by Crippen LogP contribution is 2.25. The van der Waals surface area contributed by atoms with Crippen LogP contribution in [0.15, 0.2) is 0 Å². The quantitative estimate of drug-likeness (QED) is 0.540. The summed E-state index contributed by atoms with van der Waals surface area (Å²) in [6.07, 6.45) is 12.4. The summed E-state index contributed by atoms with van der Waals surface area (Å²) in [5, 5.41) is 6.53. The summed E-state index contributed by atoms with van der Waals surface area (Å²) in [6.45, 7) is 1.89. The minimum Gasteiger partial charge on any atom is -0.356 e. The van der Waals surface area contributed by atoms with Gasteiger partial charge in [0.25, 0.3) is 0 Å². The van der Waals surface area contributed by atoms with E-state index in [0.29, 0.717) is 5.92 Å². The van der Waals surface area contributed by atoms with Crippen LogP contribution >= 0.6 is 0 Å². The summed E-state index contributed by atoms with van der Waals surface area (Å²) >= 11 is 0. The number of carbonyl (C=O) groups is 1. The molecule has 0 aromatic heterocycles. The Morgan fingerprint density at radius 1 is 0.944 bits per heavy atom. The molecular weight excluding hydrogens is 224 g/mol. The van der Waals surface area contributed by atoms with Crippen LogP contribution < -0.4 is 10.6 Å². The topological polar surface area (TPSA) is 41.1 Å². The number of nitrogens with one attached hydrogen (secondary N) is 2. The SMILES string of the molecule is O=C(CC1CCCCCC1)NCCCNC1CC1. The Morgan fingerprint density at radius 2 is 1.67 bits per heavy atom. The molecule has 18 heavy (non-hydrogen) atoms. The molecule has 2 rings (SSSR count). The Morgan fingerprint density at radius 3 is 2.33 bits per heavy atom. The van der Waals surface area contributed by atoms with Gasteiger partial charge in [0.2, 0.25) is 5.91 Å². The Balaban J connectivity index is 1.47. The molecule has 2 fully saturated rings. The number of carbonyl (C=O) groups excluding carboxylic acids is 1. The average molecular weight is 252 g/mol. The lowest BCUT2D eigenvalue weighted by Gasteiger charge is -2.13. The van der Waals surface area contributed by atoms with Crippen molar-refractivity contribution in [3.63, 3.8) is 0 Å². The molecule has 0 spiro atoms. The van der Waals surface area contributed by atoms with E-state index in [0.717, 1.165) is 32.0 Å². The third-order valence-corrected chi connectivity index (χ3v) is 4.13. The van der Waals surface area contributed by atoms with Crippen LogP contribution in [0.4, 0.5) is 0 Å². The van der Waals surface area contributed by atoms with Crippen molar-refractivity contribution in [2.24, 2.45) is 5.92 Å². The molecule has 0 unspecified atom stereocenters. The van der Waals surface area contributed by atoms with Crippen LogP contribution in [0.2, 0.25) is 0 Å². The largest absolute Gasteiger partial charge is 0.356 e. The fourth-order valence-corrected chi connectivity index (χ4v) is 2.81. The molecule has 0 aliphatic heterocycles. The van der Waals surface area contributed by atoms with Crippen LogP contribution in [-0.4, -0.2) is 25.0 Å². The van der Waals surface area contributed by atoms with E-state index in [1.54, 1.807) is 0 Å². The number of hydrogen-bond acceptors (Lipinski definition) is 2. The van der Waals surface area contributed by atoms with Gasteiger partial charge < -0.3 is 10.6 Å². The summed E-state index contributed by atoms with van der Waals surface area (Å²) in [6, 6.07) is 0.784. The monoisotopic (exact) mass is 252 g/mol. The standard InChI is InChI=1S/C15H28N2O/c18-15(12-13-6-3-1-2-4-7-13)17-11-5-10-16-14-8-9-14/h13-14,16H,1-12H2,(H,17,18). The van der Waals surface area contributed by atoms with Crippen LogP contribution in [0.5, 0.6) is 0 Å². The van der Waals surface area contributed by atoms with Gasteiger partial charge in [-0.25, -0.2) is 0 Å². The lowest BCUT2D eigenvalue weighted by atomic mass is 9.96. The van der Waals surface area contributed by atoms with E-state index in [9.17, 15) is 4.79 Å². The Kier molecular flexibility index (Phi) is 5.98. The molecule has 0 atom stereocenters. The van der Waals surface area contributed by atoms with E-state index in [-0.39, 0.29) is 5.91 Å². The molecule has 2 saturated carbocycles. The van der Waals surface area contributed by atoms with Gasteiger partial charge in [0, 0.05) is 19.0 Å². The minimum atomic E-state index is 0.272. The predicted molar refractivity (Wildman–Crippen MR) is 74.5 cm³/mol. The molecule has 0 heterocycles. The van der Waals surface area contributed by atoms with Crippen LogP contribution in [0.25, 0.3) is 0 Å². The van der Waals surface area contributed by atoms with Crippen LogP contribution in [0.3, 0.4) is 0 Å². The second kappa shape index (κ2) is 7.78. The van der Waals surface area contributed by atoms with Gasteiger partial charge in [-0.15, -0.1) is 0 Å². The molecular formula is C15H28N2O. The highest BCUT2D eigenvalue weighted by molar-refractivity contribution is 5.76. The van der Waals surface area contributed by atoms with Gasteiger partial charge in [0.15, 0.2) is 0 Å². The highest BCUT2D eigenvalue weighted by Gasteiger charge is 2.19. The Bertz CT molecular complexity index is 243. The van der Waals surface area contributed by atoms with E-state index in [4.69, 9.17) is 0 Å². The maximum absolute atomic E-state index is 11.8. The second-order valence-electron chi connectivity index (χ2n) is 5.99. The van der Waals surface area contributed by atoms with Gasteiger partial charge in [0.05, 0.1) is 0 Å². The first-order chi connectivity index (χ1) is 8.84. The molecule has 2 aliphatic rings. The normalized spacial score (nSPS) is 21.6. The van der Waals surface area contributed by atoms with Gasteiger partial charge in [-0.2, -0.15) is 0 Å². The number of hydrogen-bond donors (Lipinski definition) is 2. The summed E-state index contributed by atoms with van der Waals surface area (Å²) in [5.74, 6) is 0.922. The zero-order valence-electron chi connectivity index (χ0n) is 11.5. The Hall–Kier alpha value is -0.570. The fraction of sp³-hybridized carbons (Fsp3) is 0.933. The first-order valence-corrected chi connectivity index (χ1v) is 7.84. The maximum atomic E-state index is 11.8. The van der Waals surface area contributed by atoms with Crippen molar-refractivity contribution >= 4 is 5.91 Å².